The molecule has 0 radical (unpaired) electrons. The number of rotatable bonds is 4. The maximum Gasteiger partial charge on any atom is 0.251 e. The predicted molar refractivity (Wildman–Crippen MR) is 98.2 cm³/mol. The highest BCUT2D eigenvalue weighted by molar-refractivity contribution is 9.10. The van der Waals surface area contributed by atoms with Crippen LogP contribution in [0.1, 0.15) is 6.92 Å². The maximum absolute atomic E-state index is 11.8. The van der Waals surface area contributed by atoms with Gasteiger partial charge in [-0.15, -0.1) is 0 Å². The van der Waals surface area contributed by atoms with Crippen LogP contribution in [0.2, 0.25) is 0 Å². The van der Waals surface area contributed by atoms with Gasteiger partial charge >= 0.3 is 0 Å². The molecule has 3 aromatic rings. The van der Waals surface area contributed by atoms with Crippen LogP contribution in [0.25, 0.3) is 10.9 Å². The Balaban J connectivity index is 1.98. The Kier molecular flexibility index (Phi) is 4.52. The van der Waals surface area contributed by atoms with Crippen molar-refractivity contribution in [2.45, 2.75) is 6.92 Å². The predicted octanol–water partition coefficient (Wildman–Crippen LogP) is 4.05. The molecule has 3 rings (SSSR count). The molecule has 0 atom stereocenters. The fourth-order valence-corrected chi connectivity index (χ4v) is 2.45. The van der Waals surface area contributed by atoms with Crippen LogP contribution in [-0.2, 0) is 4.79 Å². The lowest BCUT2D eigenvalue weighted by molar-refractivity contribution is -0.112. The number of halogens is 1. The van der Waals surface area contributed by atoms with E-state index in [4.69, 9.17) is 0 Å². The van der Waals surface area contributed by atoms with E-state index in [1.54, 1.807) is 19.2 Å². The van der Waals surface area contributed by atoms with Crippen molar-refractivity contribution in [2.24, 2.45) is 0 Å². The zero-order valence-electron chi connectivity index (χ0n) is 12.9. The molecule has 0 aliphatic heterocycles. The zero-order valence-corrected chi connectivity index (χ0v) is 14.5. The number of carbonyl (C=O) groups is 1. The molecule has 0 aliphatic rings. The normalized spacial score (nSPS) is 10.4. The second-order valence-electron chi connectivity index (χ2n) is 5.18. The summed E-state index contributed by atoms with van der Waals surface area (Å²) < 4.78 is 0.960. The Morgan fingerprint density at radius 1 is 1.21 bits per heavy atom. The number of fused-ring (bicyclic) bond motifs is 1. The van der Waals surface area contributed by atoms with Gasteiger partial charge in [-0.1, -0.05) is 28.6 Å². The van der Waals surface area contributed by atoms with E-state index < -0.39 is 0 Å². The van der Waals surface area contributed by atoms with Crippen molar-refractivity contribution >= 4 is 50.1 Å². The van der Waals surface area contributed by atoms with E-state index in [1.165, 1.54) is 6.33 Å². The Hall–Kier alpha value is -2.80. The topological polar surface area (TPSA) is 79.8 Å². The number of nitrogens with one attached hydrogen (secondary N) is 2. The van der Waals surface area contributed by atoms with Gasteiger partial charge in [-0.3, -0.25) is 4.79 Å². The molecule has 0 saturated carbocycles. The monoisotopic (exact) mass is 383 g/mol. The third-order valence-corrected chi connectivity index (χ3v) is 3.73. The molecule has 0 aliphatic carbocycles. The van der Waals surface area contributed by atoms with E-state index in [1.807, 2.05) is 24.3 Å². The van der Waals surface area contributed by atoms with Crippen LogP contribution < -0.4 is 10.6 Å². The minimum atomic E-state index is -0.278. The van der Waals surface area contributed by atoms with Gasteiger partial charge in [0.2, 0.25) is 0 Å². The molecule has 0 fully saturated rings. The van der Waals surface area contributed by atoms with Gasteiger partial charge in [0.25, 0.3) is 5.91 Å². The summed E-state index contributed by atoms with van der Waals surface area (Å²) in [7, 11) is 0. The van der Waals surface area contributed by atoms with Gasteiger partial charge in [-0.05, 0) is 31.2 Å². The number of aromatic nitrogens is 3. The van der Waals surface area contributed by atoms with Crippen molar-refractivity contribution < 1.29 is 4.79 Å². The molecular formula is C17H14BrN5O. The number of anilines is 3. The molecule has 24 heavy (non-hydrogen) atoms. The van der Waals surface area contributed by atoms with Gasteiger partial charge in [-0.2, -0.15) is 0 Å². The quantitative estimate of drug-likeness (QED) is 0.664. The number of pyridine rings is 1. The van der Waals surface area contributed by atoms with Crippen molar-refractivity contribution in [3.63, 3.8) is 0 Å². The Morgan fingerprint density at radius 3 is 2.79 bits per heavy atom. The molecule has 2 aromatic heterocycles. The number of carbonyl (C=O) groups excluding carboxylic acids is 1. The highest BCUT2D eigenvalue weighted by atomic mass is 79.9. The van der Waals surface area contributed by atoms with Gasteiger partial charge in [-0.25, -0.2) is 15.0 Å². The molecule has 6 nitrogen and oxygen atoms in total. The first-order valence-electron chi connectivity index (χ1n) is 7.13. The molecule has 1 aromatic carbocycles. The zero-order chi connectivity index (χ0) is 17.1. The average molecular weight is 384 g/mol. The summed E-state index contributed by atoms with van der Waals surface area (Å²) >= 11 is 3.44. The summed E-state index contributed by atoms with van der Waals surface area (Å²) in [6.07, 6.45) is 3.06. The minimum Gasteiger partial charge on any atom is -0.340 e. The Labute approximate surface area is 147 Å². The molecule has 0 unspecified atom stereocenters. The number of amides is 1. The van der Waals surface area contributed by atoms with Crippen molar-refractivity contribution in [1.29, 1.82) is 0 Å². The van der Waals surface area contributed by atoms with Crippen molar-refractivity contribution in [3.05, 3.63) is 59.5 Å². The maximum atomic E-state index is 11.8. The molecule has 0 bridgehead atoms. The standard InChI is InChI=1S/C17H14BrN5O/c1-10(2)17(24)23-15-7-13-14(8-19-15)20-9-21-16(13)22-12-5-3-4-11(18)6-12/h3-9H,1H2,2H3,(H,19,23,24)(H,20,21,22). The van der Waals surface area contributed by atoms with Gasteiger partial charge < -0.3 is 10.6 Å². The van der Waals surface area contributed by atoms with Crippen LogP contribution in [0.15, 0.2) is 59.5 Å². The largest absolute Gasteiger partial charge is 0.340 e. The highest BCUT2D eigenvalue weighted by Crippen LogP contribution is 2.25. The first kappa shape index (κ1) is 16.1. The minimum absolute atomic E-state index is 0.278. The third-order valence-electron chi connectivity index (χ3n) is 3.24. The van der Waals surface area contributed by atoms with E-state index in [9.17, 15) is 4.79 Å². The first-order chi connectivity index (χ1) is 11.5. The first-order valence-corrected chi connectivity index (χ1v) is 7.92. The van der Waals surface area contributed by atoms with Crippen LogP contribution in [0.5, 0.6) is 0 Å². The molecule has 2 N–H and O–H groups in total. The van der Waals surface area contributed by atoms with Crippen molar-refractivity contribution in [2.75, 3.05) is 10.6 Å². The van der Waals surface area contributed by atoms with E-state index in [0.717, 1.165) is 15.5 Å². The second kappa shape index (κ2) is 6.76. The van der Waals surface area contributed by atoms with E-state index in [-0.39, 0.29) is 5.91 Å². The summed E-state index contributed by atoms with van der Waals surface area (Å²) in [5, 5.41) is 6.70. The summed E-state index contributed by atoms with van der Waals surface area (Å²) in [6, 6.07) is 9.48. The lowest BCUT2D eigenvalue weighted by Crippen LogP contribution is -2.13. The molecule has 120 valence electrons. The van der Waals surface area contributed by atoms with E-state index in [0.29, 0.717) is 22.7 Å². The van der Waals surface area contributed by atoms with Gasteiger partial charge in [0.1, 0.15) is 18.0 Å². The molecular weight excluding hydrogens is 370 g/mol. The van der Waals surface area contributed by atoms with Crippen LogP contribution in [0, 0.1) is 0 Å². The third kappa shape index (κ3) is 3.57. The van der Waals surface area contributed by atoms with Crippen LogP contribution in [-0.4, -0.2) is 20.9 Å². The molecule has 2 heterocycles. The summed E-state index contributed by atoms with van der Waals surface area (Å²) in [5.41, 5.74) is 1.97. The van der Waals surface area contributed by atoms with E-state index in [2.05, 4.69) is 48.1 Å². The number of benzene rings is 1. The average Bonchev–Trinajstić information content (AvgIpc) is 2.55. The summed E-state index contributed by atoms with van der Waals surface area (Å²) in [6.45, 7) is 5.25. The summed E-state index contributed by atoms with van der Waals surface area (Å²) in [4.78, 5) is 24.4. The molecule has 0 spiro atoms. The van der Waals surface area contributed by atoms with Crippen LogP contribution >= 0.6 is 15.9 Å². The Morgan fingerprint density at radius 2 is 2.04 bits per heavy atom. The van der Waals surface area contributed by atoms with Gasteiger partial charge in [0.05, 0.1) is 11.7 Å². The van der Waals surface area contributed by atoms with Gasteiger partial charge in [0.15, 0.2) is 0 Å². The number of nitrogens with zero attached hydrogens (tertiary/aromatic N) is 3. The number of hydrogen-bond donors (Lipinski definition) is 2. The fourth-order valence-electron chi connectivity index (χ4n) is 2.05. The molecule has 7 heteroatoms. The fraction of sp³-hybridized carbons (Fsp3) is 0.0588. The van der Waals surface area contributed by atoms with Crippen LogP contribution in [0.4, 0.5) is 17.3 Å². The smallest absolute Gasteiger partial charge is 0.251 e. The van der Waals surface area contributed by atoms with Crippen LogP contribution in [0.3, 0.4) is 0 Å². The van der Waals surface area contributed by atoms with Crippen molar-refractivity contribution in [3.8, 4) is 0 Å². The second-order valence-corrected chi connectivity index (χ2v) is 6.09. The van der Waals surface area contributed by atoms with E-state index >= 15 is 0 Å². The Bertz CT molecular complexity index is 941. The lowest BCUT2D eigenvalue weighted by Gasteiger charge is -2.10. The van der Waals surface area contributed by atoms with Gasteiger partial charge in [0, 0.05) is 21.1 Å². The molecule has 0 saturated heterocycles. The summed E-state index contributed by atoms with van der Waals surface area (Å²) in [5.74, 6) is 0.772. The SMILES string of the molecule is C=C(C)C(=O)Nc1cc2c(Nc3cccc(Br)c3)ncnc2cn1. The highest BCUT2D eigenvalue weighted by Gasteiger charge is 2.09. The lowest BCUT2D eigenvalue weighted by atomic mass is 10.2. The van der Waals surface area contributed by atoms with Crippen molar-refractivity contribution in [1.82, 2.24) is 15.0 Å². The number of hydrogen-bond acceptors (Lipinski definition) is 5. The molecule has 1 amide bonds.